The number of imidazole rings is 1. The molecule has 0 atom stereocenters. The van der Waals surface area contributed by atoms with Gasteiger partial charge in [0.05, 0.1) is 36.2 Å². The third kappa shape index (κ3) is 3.63. The van der Waals surface area contributed by atoms with Gasteiger partial charge in [0, 0.05) is 23.9 Å². The molecule has 0 fully saturated rings. The van der Waals surface area contributed by atoms with Gasteiger partial charge in [-0.1, -0.05) is 6.58 Å². The van der Waals surface area contributed by atoms with E-state index in [0.717, 1.165) is 33.5 Å². The molecule has 1 aromatic carbocycles. The number of hydrogen-bond donors (Lipinski definition) is 1. The Kier molecular flexibility index (Phi) is 5.20. The van der Waals surface area contributed by atoms with Crippen molar-refractivity contribution in [2.24, 2.45) is 0 Å². The molecule has 3 aromatic rings. The second-order valence-corrected chi connectivity index (χ2v) is 7.87. The van der Waals surface area contributed by atoms with Crippen LogP contribution in [0.2, 0.25) is 0 Å². The SMILES string of the molecule is C=C(C)COc1ccc2c(C)c(CC(=O)N3CCc4nc[nH]c4C3)c(=O)oc2c1C. The summed E-state index contributed by atoms with van der Waals surface area (Å²) in [6.45, 7) is 10.9. The number of aromatic amines is 1. The van der Waals surface area contributed by atoms with Crippen LogP contribution in [-0.2, 0) is 24.2 Å². The second kappa shape index (κ2) is 7.82. The summed E-state index contributed by atoms with van der Waals surface area (Å²) < 4.78 is 11.4. The van der Waals surface area contributed by atoms with Crippen LogP contribution in [0.3, 0.4) is 0 Å². The number of nitrogens with one attached hydrogen (secondary N) is 1. The first kappa shape index (κ1) is 19.9. The molecule has 0 bridgehead atoms. The molecule has 0 radical (unpaired) electrons. The van der Waals surface area contributed by atoms with E-state index >= 15 is 0 Å². The fourth-order valence-electron chi connectivity index (χ4n) is 3.82. The molecular formula is C23H25N3O4. The highest BCUT2D eigenvalue weighted by Gasteiger charge is 2.25. The standard InChI is InChI=1S/C23H25N3O4/c1-13(2)11-29-20-6-5-16-14(3)17(23(28)30-22(16)15(20)4)9-21(27)26-8-7-18-19(10-26)25-12-24-18/h5-6,12H,1,7-11H2,2-4H3,(H,24,25). The number of benzene rings is 1. The Hall–Kier alpha value is -3.35. The number of carbonyl (C=O) groups excluding carboxylic acids is 1. The number of rotatable bonds is 5. The molecule has 0 saturated heterocycles. The van der Waals surface area contributed by atoms with Crippen LogP contribution in [0.1, 0.15) is 35.0 Å². The zero-order valence-electron chi connectivity index (χ0n) is 17.5. The Bertz CT molecular complexity index is 1210. The molecule has 0 aliphatic carbocycles. The average Bonchev–Trinajstić information content (AvgIpc) is 3.18. The van der Waals surface area contributed by atoms with Gasteiger partial charge < -0.3 is 19.0 Å². The molecule has 7 nitrogen and oxygen atoms in total. The summed E-state index contributed by atoms with van der Waals surface area (Å²) in [5.41, 5.74) is 4.80. The zero-order valence-corrected chi connectivity index (χ0v) is 17.5. The Morgan fingerprint density at radius 2 is 2.13 bits per heavy atom. The monoisotopic (exact) mass is 407 g/mol. The van der Waals surface area contributed by atoms with Crippen LogP contribution in [0.4, 0.5) is 0 Å². The lowest BCUT2D eigenvalue weighted by molar-refractivity contribution is -0.131. The van der Waals surface area contributed by atoms with Crippen LogP contribution >= 0.6 is 0 Å². The predicted octanol–water partition coefficient (Wildman–Crippen LogP) is 3.22. The molecule has 1 amide bonds. The van der Waals surface area contributed by atoms with Crippen molar-refractivity contribution in [1.29, 1.82) is 0 Å². The van der Waals surface area contributed by atoms with E-state index in [-0.39, 0.29) is 12.3 Å². The van der Waals surface area contributed by atoms with Crippen LogP contribution in [0.25, 0.3) is 11.0 Å². The average molecular weight is 407 g/mol. The molecule has 7 heteroatoms. The Morgan fingerprint density at radius 1 is 1.33 bits per heavy atom. The predicted molar refractivity (Wildman–Crippen MR) is 114 cm³/mol. The lowest BCUT2D eigenvalue weighted by Crippen LogP contribution is -2.37. The summed E-state index contributed by atoms with van der Waals surface area (Å²) in [6.07, 6.45) is 2.37. The number of aromatic nitrogens is 2. The van der Waals surface area contributed by atoms with Gasteiger partial charge >= 0.3 is 5.63 Å². The van der Waals surface area contributed by atoms with Crippen molar-refractivity contribution in [3.8, 4) is 5.75 Å². The van der Waals surface area contributed by atoms with Gasteiger partial charge in [-0.3, -0.25) is 4.79 Å². The first-order chi connectivity index (χ1) is 14.3. The summed E-state index contributed by atoms with van der Waals surface area (Å²) in [4.78, 5) is 34.7. The highest BCUT2D eigenvalue weighted by atomic mass is 16.5. The van der Waals surface area contributed by atoms with E-state index in [0.29, 0.717) is 43.0 Å². The van der Waals surface area contributed by atoms with Crippen molar-refractivity contribution < 1.29 is 13.9 Å². The fraction of sp³-hybridized carbons (Fsp3) is 0.348. The summed E-state index contributed by atoms with van der Waals surface area (Å²) in [5.74, 6) is 0.559. The first-order valence-corrected chi connectivity index (χ1v) is 9.97. The third-order valence-electron chi connectivity index (χ3n) is 5.58. The van der Waals surface area contributed by atoms with Crippen LogP contribution in [-0.4, -0.2) is 33.9 Å². The number of ether oxygens (including phenoxy) is 1. The maximum atomic E-state index is 12.9. The summed E-state index contributed by atoms with van der Waals surface area (Å²) in [5, 5.41) is 0.812. The van der Waals surface area contributed by atoms with Crippen LogP contribution in [0, 0.1) is 13.8 Å². The molecule has 1 aliphatic rings. The minimum absolute atomic E-state index is 0.0144. The van der Waals surface area contributed by atoms with Gasteiger partial charge in [0.2, 0.25) is 5.91 Å². The van der Waals surface area contributed by atoms with Gasteiger partial charge in [0.15, 0.2) is 0 Å². The topological polar surface area (TPSA) is 88.4 Å². The minimum atomic E-state index is -0.479. The van der Waals surface area contributed by atoms with E-state index in [4.69, 9.17) is 9.15 Å². The summed E-state index contributed by atoms with van der Waals surface area (Å²) in [6, 6.07) is 3.74. The number of fused-ring (bicyclic) bond motifs is 2. The smallest absolute Gasteiger partial charge is 0.340 e. The van der Waals surface area contributed by atoms with Crippen molar-refractivity contribution >= 4 is 16.9 Å². The van der Waals surface area contributed by atoms with Gasteiger partial charge in [-0.25, -0.2) is 9.78 Å². The van der Waals surface area contributed by atoms with E-state index in [2.05, 4.69) is 16.5 Å². The van der Waals surface area contributed by atoms with Crippen LogP contribution in [0.5, 0.6) is 5.75 Å². The number of carbonyl (C=O) groups is 1. The van der Waals surface area contributed by atoms with Crippen molar-refractivity contribution in [3.05, 3.63) is 69.1 Å². The summed E-state index contributed by atoms with van der Waals surface area (Å²) >= 11 is 0. The number of aryl methyl sites for hydroxylation is 2. The number of nitrogens with zero attached hydrogens (tertiary/aromatic N) is 2. The van der Waals surface area contributed by atoms with Crippen molar-refractivity contribution in [2.45, 2.75) is 40.2 Å². The summed E-state index contributed by atoms with van der Waals surface area (Å²) in [7, 11) is 0. The molecule has 0 spiro atoms. The van der Waals surface area contributed by atoms with Gasteiger partial charge in [0.25, 0.3) is 0 Å². The highest BCUT2D eigenvalue weighted by Crippen LogP contribution is 2.30. The molecule has 2 aromatic heterocycles. The van der Waals surface area contributed by atoms with Crippen LogP contribution in [0.15, 0.2) is 39.8 Å². The van der Waals surface area contributed by atoms with Gasteiger partial charge in [0.1, 0.15) is 17.9 Å². The van der Waals surface area contributed by atoms with E-state index in [9.17, 15) is 9.59 Å². The second-order valence-electron chi connectivity index (χ2n) is 7.87. The number of hydrogen-bond acceptors (Lipinski definition) is 5. The molecule has 1 aliphatic heterocycles. The van der Waals surface area contributed by atoms with Crippen molar-refractivity contribution in [2.75, 3.05) is 13.2 Å². The van der Waals surface area contributed by atoms with Crippen molar-refractivity contribution in [1.82, 2.24) is 14.9 Å². The largest absolute Gasteiger partial charge is 0.489 e. The van der Waals surface area contributed by atoms with Crippen molar-refractivity contribution in [3.63, 3.8) is 0 Å². The van der Waals surface area contributed by atoms with E-state index in [1.54, 1.807) is 11.2 Å². The normalized spacial score (nSPS) is 13.4. The number of amides is 1. The molecule has 3 heterocycles. The molecule has 0 saturated carbocycles. The van der Waals surface area contributed by atoms with E-state index in [1.807, 2.05) is 32.9 Å². The third-order valence-corrected chi connectivity index (χ3v) is 5.58. The van der Waals surface area contributed by atoms with Gasteiger partial charge in [-0.05, 0) is 44.0 Å². The lowest BCUT2D eigenvalue weighted by Gasteiger charge is -2.26. The molecule has 1 N–H and O–H groups in total. The molecule has 30 heavy (non-hydrogen) atoms. The molecule has 4 rings (SSSR count). The Balaban J connectivity index is 1.62. The number of H-pyrrole nitrogens is 1. The van der Waals surface area contributed by atoms with E-state index in [1.165, 1.54) is 0 Å². The molecular weight excluding hydrogens is 382 g/mol. The zero-order chi connectivity index (χ0) is 21.4. The molecule has 156 valence electrons. The Labute approximate surface area is 174 Å². The highest BCUT2D eigenvalue weighted by molar-refractivity contribution is 5.87. The quantitative estimate of drug-likeness (QED) is 0.518. The fourth-order valence-corrected chi connectivity index (χ4v) is 3.82. The maximum Gasteiger partial charge on any atom is 0.340 e. The van der Waals surface area contributed by atoms with Crippen LogP contribution < -0.4 is 10.4 Å². The first-order valence-electron chi connectivity index (χ1n) is 9.97. The minimum Gasteiger partial charge on any atom is -0.489 e. The van der Waals surface area contributed by atoms with E-state index < -0.39 is 5.63 Å². The Morgan fingerprint density at radius 3 is 2.90 bits per heavy atom. The molecule has 0 unspecified atom stereocenters. The maximum absolute atomic E-state index is 12.9. The van der Waals surface area contributed by atoms with Gasteiger partial charge in [-0.2, -0.15) is 0 Å². The lowest BCUT2D eigenvalue weighted by atomic mass is 10.0. The van der Waals surface area contributed by atoms with Gasteiger partial charge in [-0.15, -0.1) is 0 Å².